The van der Waals surface area contributed by atoms with Crippen molar-refractivity contribution >= 4 is 0 Å². The third-order valence-electron chi connectivity index (χ3n) is 3.67. The van der Waals surface area contributed by atoms with Crippen molar-refractivity contribution in [3.63, 3.8) is 0 Å². The molecule has 0 radical (unpaired) electrons. The Morgan fingerprint density at radius 3 is 3.00 bits per heavy atom. The Morgan fingerprint density at radius 1 is 1.29 bits per heavy atom. The van der Waals surface area contributed by atoms with Gasteiger partial charge in [0.15, 0.2) is 0 Å². The molecule has 2 heterocycles. The molecule has 3 aliphatic rings. The van der Waals surface area contributed by atoms with Crippen LogP contribution in [0.3, 0.4) is 0 Å². The van der Waals surface area contributed by atoms with Gasteiger partial charge in [-0.25, -0.2) is 0 Å². The van der Waals surface area contributed by atoms with Crippen LogP contribution in [0.2, 0.25) is 0 Å². The lowest BCUT2D eigenvalue weighted by Crippen LogP contribution is -2.43. The van der Waals surface area contributed by atoms with E-state index >= 15 is 0 Å². The largest absolute Gasteiger partial charge is 0.490 e. The molecular weight excluding hydrogens is 174 g/mol. The number of fused-ring (bicyclic) bond motifs is 2. The molecule has 0 amide bonds. The fourth-order valence-corrected chi connectivity index (χ4v) is 2.87. The van der Waals surface area contributed by atoms with Crippen LogP contribution in [-0.2, 0) is 4.74 Å². The van der Waals surface area contributed by atoms with Gasteiger partial charge in [0.05, 0.1) is 6.26 Å². The molecule has 0 aromatic rings. The van der Waals surface area contributed by atoms with Crippen LogP contribution in [0.1, 0.15) is 32.1 Å². The van der Waals surface area contributed by atoms with Crippen molar-refractivity contribution in [1.82, 2.24) is 5.32 Å². The molecule has 0 atom stereocenters. The van der Waals surface area contributed by atoms with Crippen LogP contribution in [0.5, 0.6) is 0 Å². The van der Waals surface area contributed by atoms with E-state index in [1.807, 2.05) is 6.26 Å². The minimum atomic E-state index is 0.0704. The number of rotatable bonds is 0. The topological polar surface area (TPSA) is 21.3 Å². The van der Waals surface area contributed by atoms with Crippen molar-refractivity contribution in [3.05, 3.63) is 23.5 Å². The van der Waals surface area contributed by atoms with Crippen molar-refractivity contribution in [1.29, 1.82) is 0 Å². The summed E-state index contributed by atoms with van der Waals surface area (Å²) in [6, 6.07) is 0. The van der Waals surface area contributed by atoms with Crippen LogP contribution in [0.15, 0.2) is 23.5 Å². The number of piperidine rings is 1. The Hall–Kier alpha value is -0.760. The van der Waals surface area contributed by atoms with Crippen LogP contribution in [0.25, 0.3) is 0 Å². The molecular formula is C12H17NO. The Morgan fingerprint density at radius 2 is 2.14 bits per heavy atom. The summed E-state index contributed by atoms with van der Waals surface area (Å²) < 4.78 is 5.96. The molecule has 0 saturated carbocycles. The zero-order valence-electron chi connectivity index (χ0n) is 8.51. The van der Waals surface area contributed by atoms with Gasteiger partial charge in [0.25, 0.3) is 0 Å². The van der Waals surface area contributed by atoms with Gasteiger partial charge in [0.2, 0.25) is 0 Å². The van der Waals surface area contributed by atoms with Gasteiger partial charge in [0, 0.05) is 12.8 Å². The monoisotopic (exact) mass is 191 g/mol. The fourth-order valence-electron chi connectivity index (χ4n) is 2.87. The lowest BCUT2D eigenvalue weighted by molar-refractivity contribution is 0.0449. The third kappa shape index (κ3) is 1.13. The maximum atomic E-state index is 5.96. The second-order valence-corrected chi connectivity index (χ2v) is 4.52. The van der Waals surface area contributed by atoms with E-state index < -0.39 is 0 Å². The molecule has 2 aliphatic heterocycles. The van der Waals surface area contributed by atoms with Gasteiger partial charge in [-0.15, -0.1) is 0 Å². The lowest BCUT2D eigenvalue weighted by Gasteiger charge is -2.36. The summed E-state index contributed by atoms with van der Waals surface area (Å²) in [4.78, 5) is 0. The molecule has 0 aromatic carbocycles. The Labute approximate surface area is 85.0 Å². The summed E-state index contributed by atoms with van der Waals surface area (Å²) in [5, 5.41) is 3.40. The Bertz CT molecular complexity index is 297. The van der Waals surface area contributed by atoms with Crippen molar-refractivity contribution < 1.29 is 4.74 Å². The minimum absolute atomic E-state index is 0.0704. The normalized spacial score (nSPS) is 29.1. The van der Waals surface area contributed by atoms with Crippen LogP contribution in [0.4, 0.5) is 0 Å². The predicted molar refractivity (Wildman–Crippen MR) is 55.9 cm³/mol. The third-order valence-corrected chi connectivity index (χ3v) is 3.67. The number of nitrogens with one attached hydrogen (secondary N) is 1. The average molecular weight is 191 g/mol. The molecule has 2 heteroatoms. The van der Waals surface area contributed by atoms with Crippen LogP contribution in [0, 0.1) is 0 Å². The predicted octanol–water partition coefficient (Wildman–Crippen LogP) is 2.13. The van der Waals surface area contributed by atoms with E-state index in [0.29, 0.717) is 0 Å². The quantitative estimate of drug-likeness (QED) is 0.633. The van der Waals surface area contributed by atoms with E-state index in [1.54, 1.807) is 0 Å². The highest BCUT2D eigenvalue weighted by atomic mass is 16.5. The van der Waals surface area contributed by atoms with Crippen molar-refractivity contribution in [2.24, 2.45) is 0 Å². The minimum Gasteiger partial charge on any atom is -0.490 e. The molecule has 14 heavy (non-hydrogen) atoms. The SMILES string of the molecule is C1=C2CCCC=C2C2(CCNCC2)O1. The van der Waals surface area contributed by atoms with Crippen molar-refractivity contribution in [2.75, 3.05) is 13.1 Å². The maximum absolute atomic E-state index is 5.96. The van der Waals surface area contributed by atoms with E-state index in [-0.39, 0.29) is 5.60 Å². The van der Waals surface area contributed by atoms with E-state index in [1.165, 1.54) is 30.4 Å². The summed E-state index contributed by atoms with van der Waals surface area (Å²) in [7, 11) is 0. The second kappa shape index (κ2) is 3.13. The zero-order chi connectivity index (χ0) is 9.43. The van der Waals surface area contributed by atoms with Gasteiger partial charge in [-0.3, -0.25) is 0 Å². The summed E-state index contributed by atoms with van der Waals surface area (Å²) in [5.41, 5.74) is 3.06. The van der Waals surface area contributed by atoms with E-state index in [2.05, 4.69) is 11.4 Å². The van der Waals surface area contributed by atoms with E-state index in [0.717, 1.165) is 25.9 Å². The van der Waals surface area contributed by atoms with Gasteiger partial charge in [0.1, 0.15) is 5.60 Å². The molecule has 0 unspecified atom stereocenters. The van der Waals surface area contributed by atoms with Crippen molar-refractivity contribution in [3.8, 4) is 0 Å². The fraction of sp³-hybridized carbons (Fsp3) is 0.667. The number of hydrogen-bond donors (Lipinski definition) is 1. The highest BCUT2D eigenvalue weighted by Gasteiger charge is 2.42. The van der Waals surface area contributed by atoms with E-state index in [9.17, 15) is 0 Å². The van der Waals surface area contributed by atoms with Crippen LogP contribution >= 0.6 is 0 Å². The Kier molecular flexibility index (Phi) is 1.91. The average Bonchev–Trinajstić information content (AvgIpc) is 2.60. The van der Waals surface area contributed by atoms with Gasteiger partial charge in [-0.2, -0.15) is 0 Å². The summed E-state index contributed by atoms with van der Waals surface area (Å²) >= 11 is 0. The molecule has 1 saturated heterocycles. The number of hydrogen-bond acceptors (Lipinski definition) is 2. The van der Waals surface area contributed by atoms with Gasteiger partial charge in [-0.05, 0) is 43.5 Å². The van der Waals surface area contributed by atoms with Crippen LogP contribution < -0.4 is 5.32 Å². The zero-order valence-corrected chi connectivity index (χ0v) is 8.51. The van der Waals surface area contributed by atoms with E-state index in [4.69, 9.17) is 4.74 Å². The highest BCUT2D eigenvalue weighted by molar-refractivity contribution is 5.43. The molecule has 2 nitrogen and oxygen atoms in total. The maximum Gasteiger partial charge on any atom is 0.136 e. The Balaban J connectivity index is 1.92. The molecule has 3 rings (SSSR count). The number of ether oxygens (including phenoxy) is 1. The van der Waals surface area contributed by atoms with Crippen LogP contribution in [-0.4, -0.2) is 18.7 Å². The first-order valence-electron chi connectivity index (χ1n) is 5.69. The summed E-state index contributed by atoms with van der Waals surface area (Å²) in [6.07, 6.45) is 10.5. The molecule has 1 spiro atoms. The lowest BCUT2D eigenvalue weighted by atomic mass is 9.79. The molecule has 76 valence electrons. The molecule has 0 bridgehead atoms. The van der Waals surface area contributed by atoms with Gasteiger partial charge >= 0.3 is 0 Å². The molecule has 1 N–H and O–H groups in total. The van der Waals surface area contributed by atoms with Crippen molar-refractivity contribution in [2.45, 2.75) is 37.7 Å². The molecule has 1 fully saturated rings. The summed E-state index contributed by atoms with van der Waals surface area (Å²) in [5.74, 6) is 0. The molecule has 0 aromatic heterocycles. The first-order valence-corrected chi connectivity index (χ1v) is 5.69. The van der Waals surface area contributed by atoms with Gasteiger partial charge < -0.3 is 10.1 Å². The summed E-state index contributed by atoms with van der Waals surface area (Å²) in [6.45, 7) is 2.19. The first-order chi connectivity index (χ1) is 6.91. The molecule has 1 aliphatic carbocycles. The highest BCUT2D eigenvalue weighted by Crippen LogP contribution is 2.44. The second-order valence-electron chi connectivity index (χ2n) is 4.52. The standard InChI is InChI=1S/C12H17NO/c1-2-4-11-10(3-1)9-14-12(11)5-7-13-8-6-12/h4,9,13H,1-3,5-8H2. The first kappa shape index (κ1) is 8.54. The van der Waals surface area contributed by atoms with Gasteiger partial charge in [-0.1, -0.05) is 6.08 Å². The smallest absolute Gasteiger partial charge is 0.136 e. The number of allylic oxidation sites excluding steroid dienone is 1.